The van der Waals surface area contributed by atoms with E-state index in [1.807, 2.05) is 24.3 Å². The van der Waals surface area contributed by atoms with Gasteiger partial charge >= 0.3 is 0 Å². The van der Waals surface area contributed by atoms with Crippen LogP contribution in [0.4, 0.5) is 5.69 Å². The number of fused-ring (bicyclic) bond motifs is 1. The standard InChI is InChI=1S/C17H22N2O4/c20-16(18-12-13-4-3-10-22-13)7-8-17(21)19-9-11-23-15-6-2-1-5-14(15)19/h1-2,5-6,13H,3-4,7-12H2,(H,18,20). The van der Waals surface area contributed by atoms with E-state index in [0.717, 1.165) is 30.9 Å². The Morgan fingerprint density at radius 2 is 2.09 bits per heavy atom. The van der Waals surface area contributed by atoms with Crippen LogP contribution in [0.1, 0.15) is 25.7 Å². The molecule has 124 valence electrons. The molecule has 0 aromatic heterocycles. The molecule has 0 saturated carbocycles. The van der Waals surface area contributed by atoms with Gasteiger partial charge in [-0.2, -0.15) is 0 Å². The Kier molecular flexibility index (Phi) is 5.12. The van der Waals surface area contributed by atoms with Crippen LogP contribution in [-0.4, -0.2) is 44.2 Å². The molecule has 2 amide bonds. The van der Waals surface area contributed by atoms with Gasteiger partial charge in [-0.25, -0.2) is 0 Å². The Bertz CT molecular complexity index is 569. The molecule has 1 atom stereocenters. The van der Waals surface area contributed by atoms with Gasteiger partial charge in [-0.3, -0.25) is 9.59 Å². The summed E-state index contributed by atoms with van der Waals surface area (Å²) in [7, 11) is 0. The minimum Gasteiger partial charge on any atom is -0.490 e. The zero-order valence-electron chi connectivity index (χ0n) is 13.1. The summed E-state index contributed by atoms with van der Waals surface area (Å²) >= 11 is 0. The Hall–Kier alpha value is -2.08. The summed E-state index contributed by atoms with van der Waals surface area (Å²) in [6.07, 6.45) is 2.57. The van der Waals surface area contributed by atoms with E-state index in [-0.39, 0.29) is 30.8 Å². The van der Waals surface area contributed by atoms with Crippen LogP contribution in [-0.2, 0) is 14.3 Å². The average Bonchev–Trinajstić information content (AvgIpc) is 3.11. The summed E-state index contributed by atoms with van der Waals surface area (Å²) in [6, 6.07) is 7.47. The molecule has 2 heterocycles. The van der Waals surface area contributed by atoms with Crippen molar-refractivity contribution in [1.82, 2.24) is 5.32 Å². The Balaban J connectivity index is 1.47. The number of ether oxygens (including phenoxy) is 2. The molecule has 6 heteroatoms. The molecule has 2 aliphatic heterocycles. The smallest absolute Gasteiger partial charge is 0.227 e. The number of rotatable bonds is 5. The molecule has 1 saturated heterocycles. The number of para-hydroxylation sites is 2. The van der Waals surface area contributed by atoms with E-state index >= 15 is 0 Å². The molecule has 1 aromatic carbocycles. The molecule has 0 spiro atoms. The predicted molar refractivity (Wildman–Crippen MR) is 85.5 cm³/mol. The first-order chi connectivity index (χ1) is 11.2. The molecule has 0 radical (unpaired) electrons. The lowest BCUT2D eigenvalue weighted by molar-refractivity contribution is -0.125. The number of carbonyl (C=O) groups excluding carboxylic acids is 2. The summed E-state index contributed by atoms with van der Waals surface area (Å²) in [4.78, 5) is 26.0. The summed E-state index contributed by atoms with van der Waals surface area (Å²) in [5.41, 5.74) is 0.781. The van der Waals surface area contributed by atoms with Crippen LogP contribution < -0.4 is 15.0 Å². The van der Waals surface area contributed by atoms with Gasteiger partial charge in [0.15, 0.2) is 0 Å². The number of amides is 2. The van der Waals surface area contributed by atoms with Crippen LogP contribution in [0.3, 0.4) is 0 Å². The predicted octanol–water partition coefficient (Wildman–Crippen LogP) is 1.49. The van der Waals surface area contributed by atoms with Gasteiger partial charge in [0.2, 0.25) is 11.8 Å². The number of benzene rings is 1. The second kappa shape index (κ2) is 7.46. The zero-order chi connectivity index (χ0) is 16.1. The fraction of sp³-hybridized carbons (Fsp3) is 0.529. The largest absolute Gasteiger partial charge is 0.490 e. The number of hydrogen-bond donors (Lipinski definition) is 1. The highest BCUT2D eigenvalue weighted by Crippen LogP contribution is 2.31. The normalized spacial score (nSPS) is 19.8. The molecular weight excluding hydrogens is 296 g/mol. The third-order valence-corrected chi connectivity index (χ3v) is 4.15. The minimum absolute atomic E-state index is 0.0481. The Labute approximate surface area is 135 Å². The molecule has 0 aliphatic carbocycles. The fourth-order valence-corrected chi connectivity index (χ4v) is 2.91. The van der Waals surface area contributed by atoms with Gasteiger partial charge in [-0.05, 0) is 25.0 Å². The van der Waals surface area contributed by atoms with Crippen molar-refractivity contribution in [1.29, 1.82) is 0 Å². The summed E-state index contributed by atoms with van der Waals surface area (Å²) in [6.45, 7) is 2.31. The van der Waals surface area contributed by atoms with Crippen molar-refractivity contribution in [3.63, 3.8) is 0 Å². The van der Waals surface area contributed by atoms with Gasteiger partial charge in [-0.1, -0.05) is 12.1 Å². The van der Waals surface area contributed by atoms with Crippen LogP contribution in [0, 0.1) is 0 Å². The van der Waals surface area contributed by atoms with E-state index < -0.39 is 0 Å². The molecule has 0 bridgehead atoms. The van der Waals surface area contributed by atoms with Crippen molar-refractivity contribution in [3.05, 3.63) is 24.3 Å². The van der Waals surface area contributed by atoms with Crippen LogP contribution >= 0.6 is 0 Å². The van der Waals surface area contributed by atoms with Gasteiger partial charge in [0, 0.05) is 26.0 Å². The van der Waals surface area contributed by atoms with Crippen molar-refractivity contribution >= 4 is 17.5 Å². The second-order valence-electron chi connectivity index (χ2n) is 5.80. The summed E-state index contributed by atoms with van der Waals surface area (Å²) in [5, 5.41) is 2.84. The van der Waals surface area contributed by atoms with E-state index in [4.69, 9.17) is 9.47 Å². The minimum atomic E-state index is -0.101. The molecule has 1 unspecified atom stereocenters. The van der Waals surface area contributed by atoms with Crippen molar-refractivity contribution < 1.29 is 19.1 Å². The van der Waals surface area contributed by atoms with Crippen molar-refractivity contribution in [2.24, 2.45) is 0 Å². The number of nitrogens with one attached hydrogen (secondary N) is 1. The highest BCUT2D eigenvalue weighted by Gasteiger charge is 2.23. The Morgan fingerprint density at radius 3 is 2.91 bits per heavy atom. The first kappa shape index (κ1) is 15.8. The van der Waals surface area contributed by atoms with E-state index in [0.29, 0.717) is 19.7 Å². The maximum Gasteiger partial charge on any atom is 0.227 e. The lowest BCUT2D eigenvalue weighted by atomic mass is 10.2. The number of anilines is 1. The maximum atomic E-state index is 12.4. The molecule has 6 nitrogen and oxygen atoms in total. The topological polar surface area (TPSA) is 67.9 Å². The van der Waals surface area contributed by atoms with Crippen LogP contribution in [0.5, 0.6) is 5.75 Å². The van der Waals surface area contributed by atoms with Crippen molar-refractivity contribution in [3.8, 4) is 5.75 Å². The first-order valence-corrected chi connectivity index (χ1v) is 8.14. The van der Waals surface area contributed by atoms with Crippen molar-refractivity contribution in [2.45, 2.75) is 31.8 Å². The van der Waals surface area contributed by atoms with Gasteiger partial charge < -0.3 is 19.7 Å². The molecule has 1 fully saturated rings. The van der Waals surface area contributed by atoms with Crippen molar-refractivity contribution in [2.75, 3.05) is 31.2 Å². The van der Waals surface area contributed by atoms with Crippen LogP contribution in [0.25, 0.3) is 0 Å². The van der Waals surface area contributed by atoms with Gasteiger partial charge in [0.1, 0.15) is 12.4 Å². The van der Waals surface area contributed by atoms with Crippen LogP contribution in [0.15, 0.2) is 24.3 Å². The molecule has 1 aromatic rings. The first-order valence-electron chi connectivity index (χ1n) is 8.14. The lowest BCUT2D eigenvalue weighted by Gasteiger charge is -2.29. The molecule has 2 aliphatic rings. The highest BCUT2D eigenvalue weighted by atomic mass is 16.5. The summed E-state index contributed by atoms with van der Waals surface area (Å²) < 4.78 is 11.0. The van der Waals surface area contributed by atoms with E-state index in [1.165, 1.54) is 0 Å². The number of carbonyl (C=O) groups is 2. The molecular formula is C17H22N2O4. The van der Waals surface area contributed by atoms with E-state index in [9.17, 15) is 9.59 Å². The summed E-state index contributed by atoms with van der Waals surface area (Å²) in [5.74, 6) is 0.568. The average molecular weight is 318 g/mol. The van der Waals surface area contributed by atoms with Gasteiger partial charge in [0.25, 0.3) is 0 Å². The number of hydrogen-bond acceptors (Lipinski definition) is 4. The van der Waals surface area contributed by atoms with Crippen LogP contribution in [0.2, 0.25) is 0 Å². The Morgan fingerprint density at radius 1 is 1.22 bits per heavy atom. The molecule has 23 heavy (non-hydrogen) atoms. The molecule has 1 N–H and O–H groups in total. The third-order valence-electron chi connectivity index (χ3n) is 4.15. The van der Waals surface area contributed by atoms with E-state index in [1.54, 1.807) is 4.90 Å². The maximum absolute atomic E-state index is 12.4. The second-order valence-corrected chi connectivity index (χ2v) is 5.80. The lowest BCUT2D eigenvalue weighted by Crippen LogP contribution is -2.39. The van der Waals surface area contributed by atoms with E-state index in [2.05, 4.69) is 5.32 Å². The van der Waals surface area contributed by atoms with Gasteiger partial charge in [-0.15, -0.1) is 0 Å². The third kappa shape index (κ3) is 4.01. The fourth-order valence-electron chi connectivity index (χ4n) is 2.91. The SMILES string of the molecule is O=C(CCC(=O)N1CCOc2ccccc21)NCC1CCCO1. The quantitative estimate of drug-likeness (QED) is 0.893. The molecule has 3 rings (SSSR count). The zero-order valence-corrected chi connectivity index (χ0v) is 13.1. The monoisotopic (exact) mass is 318 g/mol. The van der Waals surface area contributed by atoms with Gasteiger partial charge in [0.05, 0.1) is 18.3 Å². The highest BCUT2D eigenvalue weighted by molar-refractivity contribution is 5.97. The number of nitrogens with zero attached hydrogens (tertiary/aromatic N) is 1.